The maximum Gasteiger partial charge on any atom is 0.316 e. The second-order valence-electron chi connectivity index (χ2n) is 6.85. The standard InChI is InChI=1S/C23H26FN3O3/c1-5-16-11-17(6-2)20(29-3)12-19(16)25-23-26-22(28)21(30-4)14-27(23)13-15-8-7-9-18(24)10-15/h7-12,14H,5-6,13H2,1-4H3,(H,25,26,28). The van der Waals surface area contributed by atoms with Crippen molar-refractivity contribution in [2.45, 2.75) is 33.2 Å². The van der Waals surface area contributed by atoms with Crippen molar-refractivity contribution in [1.82, 2.24) is 9.55 Å². The smallest absolute Gasteiger partial charge is 0.316 e. The molecule has 30 heavy (non-hydrogen) atoms. The molecule has 2 aromatic carbocycles. The summed E-state index contributed by atoms with van der Waals surface area (Å²) in [5, 5.41) is 3.27. The van der Waals surface area contributed by atoms with Crippen LogP contribution < -0.4 is 20.3 Å². The van der Waals surface area contributed by atoms with Gasteiger partial charge in [0.15, 0.2) is 0 Å². The molecule has 6 nitrogen and oxygen atoms in total. The number of methoxy groups -OCH3 is 2. The monoisotopic (exact) mass is 411 g/mol. The van der Waals surface area contributed by atoms with Gasteiger partial charge in [0.1, 0.15) is 11.6 Å². The van der Waals surface area contributed by atoms with Gasteiger partial charge in [0.25, 0.3) is 0 Å². The Kier molecular flexibility index (Phi) is 6.72. The summed E-state index contributed by atoms with van der Waals surface area (Å²) in [6, 6.07) is 10.3. The Morgan fingerprint density at radius 3 is 2.40 bits per heavy atom. The van der Waals surface area contributed by atoms with Gasteiger partial charge in [-0.25, -0.2) is 4.39 Å². The van der Waals surface area contributed by atoms with Gasteiger partial charge in [-0.1, -0.05) is 32.0 Å². The third kappa shape index (κ3) is 4.62. The fourth-order valence-electron chi connectivity index (χ4n) is 3.34. The number of aromatic nitrogens is 2. The number of benzene rings is 2. The van der Waals surface area contributed by atoms with Gasteiger partial charge in [-0.2, -0.15) is 4.98 Å². The maximum atomic E-state index is 13.7. The number of ether oxygens (including phenoxy) is 2. The minimum atomic E-state index is -0.481. The second kappa shape index (κ2) is 9.43. The lowest BCUT2D eigenvalue weighted by Crippen LogP contribution is -2.19. The molecule has 158 valence electrons. The number of nitrogens with one attached hydrogen (secondary N) is 1. The summed E-state index contributed by atoms with van der Waals surface area (Å²) in [6.45, 7) is 4.45. The topological polar surface area (TPSA) is 65.4 Å². The lowest BCUT2D eigenvalue weighted by Gasteiger charge is -2.19. The van der Waals surface area contributed by atoms with Gasteiger partial charge in [0, 0.05) is 11.8 Å². The Hall–Kier alpha value is -3.35. The first-order valence-corrected chi connectivity index (χ1v) is 9.85. The number of anilines is 2. The first kappa shape index (κ1) is 21.4. The number of halogens is 1. The molecule has 0 saturated heterocycles. The predicted molar refractivity (Wildman–Crippen MR) is 116 cm³/mol. The fraction of sp³-hybridized carbons (Fsp3) is 0.304. The second-order valence-corrected chi connectivity index (χ2v) is 6.85. The van der Waals surface area contributed by atoms with Crippen LogP contribution in [-0.4, -0.2) is 23.8 Å². The lowest BCUT2D eigenvalue weighted by molar-refractivity contribution is 0.402. The Labute approximate surface area is 175 Å². The molecule has 0 radical (unpaired) electrons. The van der Waals surface area contributed by atoms with E-state index < -0.39 is 5.56 Å². The normalized spacial score (nSPS) is 10.7. The Bertz CT molecular complexity index is 1100. The molecule has 0 atom stereocenters. The molecule has 3 rings (SSSR count). The molecule has 0 amide bonds. The summed E-state index contributed by atoms with van der Waals surface area (Å²) < 4.78 is 26.1. The van der Waals surface area contributed by atoms with Crippen molar-refractivity contribution in [2.24, 2.45) is 0 Å². The Balaban J connectivity index is 2.07. The largest absolute Gasteiger partial charge is 0.496 e. The van der Waals surface area contributed by atoms with Crippen molar-refractivity contribution in [3.63, 3.8) is 0 Å². The molecule has 0 bridgehead atoms. The van der Waals surface area contributed by atoms with Crippen molar-refractivity contribution < 1.29 is 13.9 Å². The van der Waals surface area contributed by atoms with E-state index in [0.29, 0.717) is 12.5 Å². The lowest BCUT2D eigenvalue weighted by atomic mass is 10.0. The van der Waals surface area contributed by atoms with E-state index in [1.54, 1.807) is 23.9 Å². The molecule has 1 aromatic heterocycles. The molecular weight excluding hydrogens is 385 g/mol. The van der Waals surface area contributed by atoms with Gasteiger partial charge < -0.3 is 19.4 Å². The highest BCUT2D eigenvalue weighted by molar-refractivity contribution is 5.63. The molecule has 1 heterocycles. The number of nitrogens with zero attached hydrogens (tertiary/aromatic N) is 2. The first-order chi connectivity index (χ1) is 14.5. The zero-order chi connectivity index (χ0) is 21.7. The van der Waals surface area contributed by atoms with Crippen LogP contribution in [0.3, 0.4) is 0 Å². The van der Waals surface area contributed by atoms with E-state index >= 15 is 0 Å². The Morgan fingerprint density at radius 2 is 1.77 bits per heavy atom. The summed E-state index contributed by atoms with van der Waals surface area (Å²) >= 11 is 0. The van der Waals surface area contributed by atoms with Gasteiger partial charge in [-0.05, 0) is 41.7 Å². The molecule has 0 aliphatic rings. The average molecular weight is 411 g/mol. The van der Waals surface area contributed by atoms with Crippen LogP contribution in [0.15, 0.2) is 47.4 Å². The Morgan fingerprint density at radius 1 is 1.03 bits per heavy atom. The van der Waals surface area contributed by atoms with Crippen molar-refractivity contribution in [3.8, 4) is 11.5 Å². The van der Waals surface area contributed by atoms with E-state index in [0.717, 1.165) is 41.0 Å². The molecule has 3 aromatic rings. The third-order valence-electron chi connectivity index (χ3n) is 4.94. The minimum Gasteiger partial charge on any atom is -0.496 e. The summed E-state index contributed by atoms with van der Waals surface area (Å²) in [5.74, 6) is 0.901. The number of hydrogen-bond acceptors (Lipinski definition) is 5. The maximum absolute atomic E-state index is 13.7. The van der Waals surface area contributed by atoms with Gasteiger partial charge in [-0.15, -0.1) is 0 Å². The number of rotatable bonds is 8. The van der Waals surface area contributed by atoms with E-state index in [2.05, 4.69) is 30.2 Å². The van der Waals surface area contributed by atoms with Gasteiger partial charge in [-0.3, -0.25) is 4.79 Å². The highest BCUT2D eigenvalue weighted by Crippen LogP contribution is 2.30. The van der Waals surface area contributed by atoms with Crippen molar-refractivity contribution in [2.75, 3.05) is 19.5 Å². The summed E-state index contributed by atoms with van der Waals surface area (Å²) in [7, 11) is 3.05. The minimum absolute atomic E-state index is 0.117. The van der Waals surface area contributed by atoms with Crippen LogP contribution in [0, 0.1) is 5.82 Å². The molecular formula is C23H26FN3O3. The molecule has 0 fully saturated rings. The first-order valence-electron chi connectivity index (χ1n) is 9.85. The van der Waals surface area contributed by atoms with E-state index in [4.69, 9.17) is 9.47 Å². The van der Waals surface area contributed by atoms with Gasteiger partial charge in [0.2, 0.25) is 11.7 Å². The molecule has 0 spiro atoms. The van der Waals surface area contributed by atoms with E-state index in [1.165, 1.54) is 19.2 Å². The van der Waals surface area contributed by atoms with Gasteiger partial charge >= 0.3 is 5.56 Å². The SMILES string of the molecule is CCc1cc(CC)c(OC)cc1Nc1nc(=O)c(OC)cn1Cc1cccc(F)c1. The molecule has 0 unspecified atom stereocenters. The number of hydrogen-bond donors (Lipinski definition) is 1. The number of aryl methyl sites for hydroxylation is 2. The van der Waals surface area contributed by atoms with Gasteiger partial charge in [0.05, 0.1) is 27.0 Å². The quantitative estimate of drug-likeness (QED) is 0.598. The van der Waals surface area contributed by atoms with E-state index in [1.807, 2.05) is 12.1 Å². The van der Waals surface area contributed by atoms with Crippen LogP contribution in [-0.2, 0) is 19.4 Å². The summed E-state index contributed by atoms with van der Waals surface area (Å²) in [4.78, 5) is 16.5. The fourth-order valence-corrected chi connectivity index (χ4v) is 3.34. The highest BCUT2D eigenvalue weighted by atomic mass is 19.1. The average Bonchev–Trinajstić information content (AvgIpc) is 2.75. The van der Waals surface area contributed by atoms with E-state index in [-0.39, 0.29) is 11.6 Å². The van der Waals surface area contributed by atoms with Crippen LogP contribution in [0.1, 0.15) is 30.5 Å². The molecule has 0 aliphatic heterocycles. The predicted octanol–water partition coefficient (Wildman–Crippen LogP) is 4.32. The van der Waals surface area contributed by atoms with Crippen LogP contribution >= 0.6 is 0 Å². The van der Waals surface area contributed by atoms with Crippen LogP contribution in [0.2, 0.25) is 0 Å². The summed E-state index contributed by atoms with van der Waals surface area (Å²) in [5.41, 5.74) is 3.25. The third-order valence-corrected chi connectivity index (χ3v) is 4.94. The molecule has 7 heteroatoms. The zero-order valence-corrected chi connectivity index (χ0v) is 17.7. The van der Waals surface area contributed by atoms with Crippen molar-refractivity contribution in [3.05, 3.63) is 75.5 Å². The molecule has 0 saturated carbocycles. The zero-order valence-electron chi connectivity index (χ0n) is 17.7. The van der Waals surface area contributed by atoms with Crippen LogP contribution in [0.4, 0.5) is 16.0 Å². The van der Waals surface area contributed by atoms with Crippen molar-refractivity contribution in [1.29, 1.82) is 0 Å². The van der Waals surface area contributed by atoms with E-state index in [9.17, 15) is 9.18 Å². The van der Waals surface area contributed by atoms with Crippen molar-refractivity contribution >= 4 is 11.6 Å². The van der Waals surface area contributed by atoms with Crippen LogP contribution in [0.5, 0.6) is 11.5 Å². The summed E-state index contributed by atoms with van der Waals surface area (Å²) in [6.07, 6.45) is 3.22. The van der Waals surface area contributed by atoms with Crippen LogP contribution in [0.25, 0.3) is 0 Å². The molecule has 0 aliphatic carbocycles. The molecule has 1 N–H and O–H groups in total. The highest BCUT2D eigenvalue weighted by Gasteiger charge is 2.14.